The number of halogens is 1. The number of hydrogen-bond donors (Lipinski definition) is 1. The van der Waals surface area contributed by atoms with Gasteiger partial charge in [-0.15, -0.1) is 0 Å². The second kappa shape index (κ2) is 5.63. The molecule has 0 unspecified atom stereocenters. The molecule has 0 spiro atoms. The van der Waals surface area contributed by atoms with Crippen molar-refractivity contribution in [2.45, 2.75) is 6.54 Å². The Morgan fingerprint density at radius 1 is 1.29 bits per heavy atom. The molecule has 0 bridgehead atoms. The summed E-state index contributed by atoms with van der Waals surface area (Å²) in [6.07, 6.45) is 1.78. The first-order chi connectivity index (χ1) is 8.28. The fraction of sp³-hybridized carbons (Fsp3) is 0.167. The van der Waals surface area contributed by atoms with Crippen LogP contribution in [0.1, 0.15) is 5.56 Å². The van der Waals surface area contributed by atoms with Crippen molar-refractivity contribution in [3.8, 4) is 5.88 Å². The van der Waals surface area contributed by atoms with E-state index in [2.05, 4.69) is 31.2 Å². The highest BCUT2D eigenvalue weighted by Gasteiger charge is 1.97. The van der Waals surface area contributed by atoms with Crippen molar-refractivity contribution >= 4 is 21.7 Å². The fourth-order valence-electron chi connectivity index (χ4n) is 1.34. The summed E-state index contributed by atoms with van der Waals surface area (Å²) in [7, 11) is 1.60. The van der Waals surface area contributed by atoms with Gasteiger partial charge in [0.2, 0.25) is 5.88 Å². The molecule has 17 heavy (non-hydrogen) atoms. The maximum Gasteiger partial charge on any atom is 0.212 e. The van der Waals surface area contributed by atoms with Crippen molar-refractivity contribution in [3.63, 3.8) is 0 Å². The van der Waals surface area contributed by atoms with E-state index in [9.17, 15) is 0 Å². The van der Waals surface area contributed by atoms with Gasteiger partial charge in [-0.1, -0.05) is 12.1 Å². The number of hydrogen-bond acceptors (Lipinski definition) is 4. The van der Waals surface area contributed by atoms with Gasteiger partial charge >= 0.3 is 0 Å². The summed E-state index contributed by atoms with van der Waals surface area (Å²) in [6.45, 7) is 0.681. The van der Waals surface area contributed by atoms with Gasteiger partial charge in [0.05, 0.1) is 7.11 Å². The third-order valence-electron chi connectivity index (χ3n) is 2.20. The van der Waals surface area contributed by atoms with Crippen LogP contribution >= 0.6 is 15.9 Å². The van der Waals surface area contributed by atoms with Gasteiger partial charge in [-0.2, -0.15) is 0 Å². The molecule has 88 valence electrons. The number of aromatic nitrogens is 2. The van der Waals surface area contributed by atoms with E-state index in [1.54, 1.807) is 13.3 Å². The van der Waals surface area contributed by atoms with E-state index in [0.29, 0.717) is 12.4 Å². The molecule has 0 aromatic carbocycles. The van der Waals surface area contributed by atoms with Crippen LogP contribution in [0.4, 0.5) is 5.82 Å². The molecule has 0 atom stereocenters. The number of pyridine rings is 2. The molecule has 0 saturated carbocycles. The van der Waals surface area contributed by atoms with Crippen LogP contribution in [-0.2, 0) is 6.54 Å². The third-order valence-corrected chi connectivity index (χ3v) is 2.64. The van der Waals surface area contributed by atoms with Crippen LogP contribution in [0.5, 0.6) is 5.88 Å². The van der Waals surface area contributed by atoms with Crippen molar-refractivity contribution in [1.82, 2.24) is 9.97 Å². The van der Waals surface area contributed by atoms with Gasteiger partial charge in [-0.3, -0.25) is 0 Å². The van der Waals surface area contributed by atoms with Crippen LogP contribution in [0.3, 0.4) is 0 Å². The van der Waals surface area contributed by atoms with E-state index in [1.165, 1.54) is 0 Å². The minimum atomic E-state index is 0.620. The Bertz CT molecular complexity index is 487. The Morgan fingerprint density at radius 2 is 2.18 bits per heavy atom. The summed E-state index contributed by atoms with van der Waals surface area (Å²) in [5, 5.41) is 3.22. The summed E-state index contributed by atoms with van der Waals surface area (Å²) in [5.74, 6) is 1.45. The average molecular weight is 294 g/mol. The van der Waals surface area contributed by atoms with E-state index in [4.69, 9.17) is 4.74 Å². The third kappa shape index (κ3) is 3.42. The van der Waals surface area contributed by atoms with Gasteiger partial charge in [0.1, 0.15) is 10.4 Å². The minimum absolute atomic E-state index is 0.620. The summed E-state index contributed by atoms with van der Waals surface area (Å²) in [4.78, 5) is 8.42. The molecule has 0 amide bonds. The molecule has 0 radical (unpaired) electrons. The highest BCUT2D eigenvalue weighted by Crippen LogP contribution is 2.12. The van der Waals surface area contributed by atoms with Crippen LogP contribution in [0, 0.1) is 0 Å². The van der Waals surface area contributed by atoms with E-state index in [1.807, 2.05) is 30.3 Å². The lowest BCUT2D eigenvalue weighted by molar-refractivity contribution is 0.397. The molecule has 2 aromatic rings. The van der Waals surface area contributed by atoms with E-state index in [0.717, 1.165) is 16.0 Å². The van der Waals surface area contributed by atoms with Gasteiger partial charge < -0.3 is 10.1 Å². The van der Waals surface area contributed by atoms with Crippen molar-refractivity contribution < 1.29 is 4.74 Å². The monoisotopic (exact) mass is 293 g/mol. The normalized spacial score (nSPS) is 10.0. The Balaban J connectivity index is 1.97. The Labute approximate surface area is 108 Å². The SMILES string of the molecule is COc1ccc(CNc2cccc(Br)n2)cn1. The predicted molar refractivity (Wildman–Crippen MR) is 70.1 cm³/mol. The zero-order valence-electron chi connectivity index (χ0n) is 9.35. The highest BCUT2D eigenvalue weighted by molar-refractivity contribution is 9.10. The first kappa shape index (κ1) is 11.9. The first-order valence-electron chi connectivity index (χ1n) is 5.13. The molecule has 0 aliphatic rings. The Morgan fingerprint density at radius 3 is 2.82 bits per heavy atom. The van der Waals surface area contributed by atoms with E-state index < -0.39 is 0 Å². The number of methoxy groups -OCH3 is 1. The topological polar surface area (TPSA) is 47.0 Å². The zero-order chi connectivity index (χ0) is 12.1. The number of nitrogens with one attached hydrogen (secondary N) is 1. The summed E-state index contributed by atoms with van der Waals surface area (Å²) >= 11 is 3.33. The summed E-state index contributed by atoms with van der Waals surface area (Å²) < 4.78 is 5.81. The lowest BCUT2D eigenvalue weighted by atomic mass is 10.3. The molecular weight excluding hydrogens is 282 g/mol. The molecule has 5 heteroatoms. The lowest BCUT2D eigenvalue weighted by Gasteiger charge is -2.06. The maximum atomic E-state index is 5.00. The second-order valence-electron chi connectivity index (χ2n) is 3.41. The molecule has 1 N–H and O–H groups in total. The molecule has 0 fully saturated rings. The van der Waals surface area contributed by atoms with Crippen LogP contribution in [-0.4, -0.2) is 17.1 Å². The minimum Gasteiger partial charge on any atom is -0.481 e. The molecule has 2 heterocycles. The number of nitrogens with zero attached hydrogens (tertiary/aromatic N) is 2. The standard InChI is InChI=1S/C12H12BrN3O/c1-17-12-6-5-9(8-15-12)7-14-11-4-2-3-10(13)16-11/h2-6,8H,7H2,1H3,(H,14,16). The van der Waals surface area contributed by atoms with Crippen molar-refractivity contribution in [2.75, 3.05) is 12.4 Å². The molecule has 2 aromatic heterocycles. The number of ether oxygens (including phenoxy) is 1. The van der Waals surface area contributed by atoms with Gasteiger partial charge in [0, 0.05) is 18.8 Å². The number of anilines is 1. The molecule has 4 nitrogen and oxygen atoms in total. The largest absolute Gasteiger partial charge is 0.481 e. The lowest BCUT2D eigenvalue weighted by Crippen LogP contribution is -2.01. The molecule has 0 aliphatic carbocycles. The highest BCUT2D eigenvalue weighted by atomic mass is 79.9. The average Bonchev–Trinajstić information content (AvgIpc) is 2.37. The smallest absolute Gasteiger partial charge is 0.212 e. The predicted octanol–water partition coefficient (Wildman–Crippen LogP) is 2.86. The van der Waals surface area contributed by atoms with Crippen molar-refractivity contribution in [1.29, 1.82) is 0 Å². The Hall–Kier alpha value is -1.62. The van der Waals surface area contributed by atoms with Crippen LogP contribution in [0.25, 0.3) is 0 Å². The van der Waals surface area contributed by atoms with Crippen LogP contribution < -0.4 is 10.1 Å². The molecular formula is C12H12BrN3O. The van der Waals surface area contributed by atoms with Gasteiger partial charge in [-0.25, -0.2) is 9.97 Å². The molecule has 2 rings (SSSR count). The maximum absolute atomic E-state index is 5.00. The first-order valence-corrected chi connectivity index (χ1v) is 5.92. The van der Waals surface area contributed by atoms with Gasteiger partial charge in [-0.05, 0) is 33.6 Å². The summed E-state index contributed by atoms with van der Waals surface area (Å²) in [5.41, 5.74) is 1.08. The van der Waals surface area contributed by atoms with Crippen molar-refractivity contribution in [2.24, 2.45) is 0 Å². The zero-order valence-corrected chi connectivity index (χ0v) is 10.9. The van der Waals surface area contributed by atoms with Crippen LogP contribution in [0.2, 0.25) is 0 Å². The summed E-state index contributed by atoms with van der Waals surface area (Å²) in [6, 6.07) is 9.55. The number of rotatable bonds is 4. The fourth-order valence-corrected chi connectivity index (χ4v) is 1.68. The quantitative estimate of drug-likeness (QED) is 0.881. The van der Waals surface area contributed by atoms with E-state index >= 15 is 0 Å². The van der Waals surface area contributed by atoms with Gasteiger partial charge in [0.15, 0.2) is 0 Å². The Kier molecular flexibility index (Phi) is 3.93. The van der Waals surface area contributed by atoms with Gasteiger partial charge in [0.25, 0.3) is 0 Å². The molecule has 0 saturated heterocycles. The van der Waals surface area contributed by atoms with Crippen LogP contribution in [0.15, 0.2) is 41.1 Å². The van der Waals surface area contributed by atoms with Crippen molar-refractivity contribution in [3.05, 3.63) is 46.7 Å². The van der Waals surface area contributed by atoms with E-state index in [-0.39, 0.29) is 0 Å². The second-order valence-corrected chi connectivity index (χ2v) is 4.22. The molecule has 0 aliphatic heterocycles.